The standard InChI is InChI=1S/C23H25N3O2/c1-14-5-6-16(3)19(11-14)22-24-23(28-25-22)20-9-10-21(27)26(20)13-18-8-7-15(2)17(4)12-18/h5-8,11-12,20H,9-10,13H2,1-4H3. The Hall–Kier alpha value is -2.95. The number of hydrogen-bond donors (Lipinski definition) is 0. The predicted octanol–water partition coefficient (Wildman–Crippen LogP) is 4.83. The summed E-state index contributed by atoms with van der Waals surface area (Å²) in [5.74, 6) is 1.24. The molecule has 3 aromatic rings. The summed E-state index contributed by atoms with van der Waals surface area (Å²) in [6, 6.07) is 12.4. The fraction of sp³-hybridized carbons (Fsp3) is 0.348. The van der Waals surface area contributed by atoms with Crippen LogP contribution in [0.15, 0.2) is 40.9 Å². The van der Waals surface area contributed by atoms with Crippen LogP contribution < -0.4 is 0 Å². The van der Waals surface area contributed by atoms with Crippen molar-refractivity contribution in [1.82, 2.24) is 15.0 Å². The Balaban J connectivity index is 1.61. The zero-order valence-corrected chi connectivity index (χ0v) is 16.8. The van der Waals surface area contributed by atoms with Crippen LogP contribution in [0.5, 0.6) is 0 Å². The topological polar surface area (TPSA) is 59.2 Å². The van der Waals surface area contributed by atoms with Crippen molar-refractivity contribution in [1.29, 1.82) is 0 Å². The molecule has 0 radical (unpaired) electrons. The molecule has 1 saturated heterocycles. The van der Waals surface area contributed by atoms with Gasteiger partial charge in [0.2, 0.25) is 17.6 Å². The molecule has 1 fully saturated rings. The normalized spacial score (nSPS) is 16.8. The number of benzene rings is 2. The summed E-state index contributed by atoms with van der Waals surface area (Å²) in [7, 11) is 0. The summed E-state index contributed by atoms with van der Waals surface area (Å²) in [6.45, 7) is 8.83. The van der Waals surface area contributed by atoms with Gasteiger partial charge in [0.05, 0.1) is 0 Å². The molecule has 1 aliphatic rings. The van der Waals surface area contributed by atoms with E-state index < -0.39 is 0 Å². The molecule has 0 N–H and O–H groups in total. The third kappa shape index (κ3) is 3.44. The van der Waals surface area contributed by atoms with Gasteiger partial charge in [-0.15, -0.1) is 0 Å². The highest BCUT2D eigenvalue weighted by Gasteiger charge is 2.36. The summed E-state index contributed by atoms with van der Waals surface area (Å²) in [4.78, 5) is 19.0. The summed E-state index contributed by atoms with van der Waals surface area (Å²) in [6.07, 6.45) is 1.22. The van der Waals surface area contributed by atoms with Crippen LogP contribution in [0, 0.1) is 27.7 Å². The summed E-state index contributed by atoms with van der Waals surface area (Å²) in [5.41, 5.74) is 6.84. The Bertz CT molecular complexity index is 1040. The van der Waals surface area contributed by atoms with Gasteiger partial charge in [0, 0.05) is 18.5 Å². The molecule has 1 unspecified atom stereocenters. The molecule has 144 valence electrons. The van der Waals surface area contributed by atoms with Gasteiger partial charge in [-0.1, -0.05) is 41.1 Å². The van der Waals surface area contributed by atoms with Crippen LogP contribution in [0.2, 0.25) is 0 Å². The van der Waals surface area contributed by atoms with Crippen LogP contribution in [0.3, 0.4) is 0 Å². The molecule has 0 saturated carbocycles. The Morgan fingerprint density at radius 3 is 2.61 bits per heavy atom. The Kier molecular flexibility index (Phi) is 4.75. The first-order chi connectivity index (χ1) is 13.4. The lowest BCUT2D eigenvalue weighted by Crippen LogP contribution is -2.27. The summed E-state index contributed by atoms with van der Waals surface area (Å²) in [5, 5.41) is 4.20. The average Bonchev–Trinajstić information content (AvgIpc) is 3.28. The zero-order chi connectivity index (χ0) is 19.8. The monoisotopic (exact) mass is 375 g/mol. The van der Waals surface area contributed by atoms with Crippen LogP contribution >= 0.6 is 0 Å². The average molecular weight is 375 g/mol. The van der Waals surface area contributed by atoms with E-state index in [2.05, 4.69) is 60.4 Å². The van der Waals surface area contributed by atoms with Crippen LogP contribution in [0.1, 0.15) is 52.6 Å². The number of hydrogen-bond acceptors (Lipinski definition) is 4. The highest BCUT2D eigenvalue weighted by Crippen LogP contribution is 2.34. The Labute approximate surface area is 165 Å². The first-order valence-electron chi connectivity index (χ1n) is 9.69. The molecule has 1 atom stereocenters. The predicted molar refractivity (Wildman–Crippen MR) is 108 cm³/mol. The molecule has 0 bridgehead atoms. The molecule has 5 heteroatoms. The van der Waals surface area contributed by atoms with E-state index in [4.69, 9.17) is 4.52 Å². The lowest BCUT2D eigenvalue weighted by molar-refractivity contribution is -0.129. The fourth-order valence-corrected chi connectivity index (χ4v) is 3.74. The molecule has 1 aromatic heterocycles. The molecule has 28 heavy (non-hydrogen) atoms. The van der Waals surface area contributed by atoms with Gasteiger partial charge in [0.15, 0.2) is 0 Å². The van der Waals surface area contributed by atoms with Gasteiger partial charge < -0.3 is 9.42 Å². The highest BCUT2D eigenvalue weighted by atomic mass is 16.5. The number of amides is 1. The molecule has 1 aliphatic heterocycles. The van der Waals surface area contributed by atoms with E-state index >= 15 is 0 Å². The lowest BCUT2D eigenvalue weighted by atomic mass is 10.1. The first-order valence-corrected chi connectivity index (χ1v) is 9.69. The second-order valence-corrected chi connectivity index (χ2v) is 7.77. The molecule has 0 spiro atoms. The number of carbonyl (C=O) groups is 1. The van der Waals surface area contributed by atoms with Crippen LogP contribution in [-0.2, 0) is 11.3 Å². The summed E-state index contributed by atoms with van der Waals surface area (Å²) >= 11 is 0. The van der Waals surface area contributed by atoms with Crippen molar-refractivity contribution in [3.05, 3.63) is 70.1 Å². The third-order valence-corrected chi connectivity index (χ3v) is 5.61. The lowest BCUT2D eigenvalue weighted by Gasteiger charge is -2.22. The van der Waals surface area contributed by atoms with Gasteiger partial charge >= 0.3 is 0 Å². The van der Waals surface area contributed by atoms with E-state index in [0.717, 1.165) is 22.3 Å². The van der Waals surface area contributed by atoms with Crippen molar-refractivity contribution < 1.29 is 9.32 Å². The fourth-order valence-electron chi connectivity index (χ4n) is 3.74. The second kappa shape index (κ2) is 7.23. The van der Waals surface area contributed by atoms with Gasteiger partial charge in [-0.05, 0) is 62.4 Å². The van der Waals surface area contributed by atoms with Crippen molar-refractivity contribution in [3.8, 4) is 11.4 Å². The minimum atomic E-state index is -0.166. The largest absolute Gasteiger partial charge is 0.337 e. The van der Waals surface area contributed by atoms with Crippen molar-refractivity contribution in [2.75, 3.05) is 0 Å². The quantitative estimate of drug-likeness (QED) is 0.655. The maximum absolute atomic E-state index is 12.5. The smallest absolute Gasteiger partial charge is 0.249 e. The van der Waals surface area contributed by atoms with E-state index in [0.29, 0.717) is 31.1 Å². The van der Waals surface area contributed by atoms with E-state index in [9.17, 15) is 4.79 Å². The van der Waals surface area contributed by atoms with Gasteiger partial charge in [-0.3, -0.25) is 4.79 Å². The van der Waals surface area contributed by atoms with E-state index in [-0.39, 0.29) is 11.9 Å². The van der Waals surface area contributed by atoms with Crippen LogP contribution in [0.4, 0.5) is 0 Å². The molecule has 1 amide bonds. The van der Waals surface area contributed by atoms with Crippen molar-refractivity contribution in [2.24, 2.45) is 0 Å². The Morgan fingerprint density at radius 1 is 1.04 bits per heavy atom. The van der Waals surface area contributed by atoms with Gasteiger partial charge in [-0.2, -0.15) is 4.98 Å². The number of likely N-dealkylation sites (tertiary alicyclic amines) is 1. The number of rotatable bonds is 4. The van der Waals surface area contributed by atoms with Crippen LogP contribution in [-0.4, -0.2) is 20.9 Å². The first kappa shape index (κ1) is 18.4. The minimum absolute atomic E-state index is 0.134. The van der Waals surface area contributed by atoms with Crippen LogP contribution in [0.25, 0.3) is 11.4 Å². The highest BCUT2D eigenvalue weighted by molar-refractivity contribution is 5.79. The molecular formula is C23H25N3O2. The Morgan fingerprint density at radius 2 is 1.82 bits per heavy atom. The minimum Gasteiger partial charge on any atom is -0.337 e. The molecule has 0 aliphatic carbocycles. The number of aryl methyl sites for hydroxylation is 4. The molecule has 2 heterocycles. The number of aromatic nitrogens is 2. The maximum Gasteiger partial charge on any atom is 0.249 e. The second-order valence-electron chi connectivity index (χ2n) is 7.77. The maximum atomic E-state index is 12.5. The van der Waals surface area contributed by atoms with Crippen molar-refractivity contribution in [3.63, 3.8) is 0 Å². The van der Waals surface area contributed by atoms with Gasteiger partial charge in [-0.25, -0.2) is 0 Å². The molecule has 5 nitrogen and oxygen atoms in total. The molecule has 4 rings (SSSR count). The number of carbonyl (C=O) groups excluding carboxylic acids is 1. The summed E-state index contributed by atoms with van der Waals surface area (Å²) < 4.78 is 5.60. The van der Waals surface area contributed by atoms with Crippen molar-refractivity contribution >= 4 is 5.91 Å². The third-order valence-electron chi connectivity index (χ3n) is 5.61. The van der Waals surface area contributed by atoms with Crippen molar-refractivity contribution in [2.45, 2.75) is 53.1 Å². The van der Waals surface area contributed by atoms with Gasteiger partial charge in [0.25, 0.3) is 0 Å². The number of nitrogens with zero attached hydrogens (tertiary/aromatic N) is 3. The molecular weight excluding hydrogens is 350 g/mol. The zero-order valence-electron chi connectivity index (χ0n) is 16.8. The van der Waals surface area contributed by atoms with E-state index in [1.807, 2.05) is 18.7 Å². The van der Waals surface area contributed by atoms with E-state index in [1.54, 1.807) is 0 Å². The molecule has 2 aromatic carbocycles. The SMILES string of the molecule is Cc1ccc(C)c(-c2noc(C3CCC(=O)N3Cc3ccc(C)c(C)c3)n2)c1. The van der Waals surface area contributed by atoms with E-state index in [1.165, 1.54) is 11.1 Å². The van der Waals surface area contributed by atoms with Gasteiger partial charge in [0.1, 0.15) is 6.04 Å².